The Morgan fingerprint density at radius 3 is 2.61 bits per heavy atom. The molecule has 2 N–H and O–H groups in total. The smallest absolute Gasteiger partial charge is 0.317 e. The number of aliphatic carboxylic acids is 1. The van der Waals surface area contributed by atoms with Gasteiger partial charge in [-0.25, -0.2) is 0 Å². The molecule has 2 fully saturated rings. The van der Waals surface area contributed by atoms with Crippen molar-refractivity contribution in [3.05, 3.63) is 18.2 Å². The van der Waals surface area contributed by atoms with E-state index >= 15 is 0 Å². The molecule has 168 valence electrons. The molecule has 2 saturated heterocycles. The molecule has 2 aliphatic heterocycles. The second kappa shape index (κ2) is 9.34. The van der Waals surface area contributed by atoms with Crippen LogP contribution in [0.25, 0.3) is 0 Å². The average Bonchev–Trinajstić information content (AvgIpc) is 2.72. The number of hydrogen-bond donors (Lipinski definition) is 2. The fourth-order valence-corrected chi connectivity index (χ4v) is 4.30. The first kappa shape index (κ1) is 22.5. The molecule has 3 amide bonds. The molecule has 0 radical (unpaired) electrons. The second-order valence-electron chi connectivity index (χ2n) is 8.14. The molecule has 0 aliphatic carbocycles. The number of nitrogens with one attached hydrogen (secondary N) is 1. The highest BCUT2D eigenvalue weighted by atomic mass is 16.4. The maximum atomic E-state index is 12.3. The van der Waals surface area contributed by atoms with Crippen molar-refractivity contribution in [2.75, 3.05) is 55.0 Å². The number of nitrogens with zero attached hydrogens (tertiary/aromatic N) is 4. The van der Waals surface area contributed by atoms with Gasteiger partial charge >= 0.3 is 5.97 Å². The van der Waals surface area contributed by atoms with Crippen LogP contribution in [0.2, 0.25) is 0 Å². The summed E-state index contributed by atoms with van der Waals surface area (Å²) in [5.41, 5.74) is 2.29. The summed E-state index contributed by atoms with van der Waals surface area (Å²) in [5, 5.41) is 11.4. The number of carbonyl (C=O) groups is 4. The van der Waals surface area contributed by atoms with E-state index in [0.29, 0.717) is 37.4 Å². The molecule has 31 heavy (non-hydrogen) atoms. The molecule has 1 aromatic carbocycles. The van der Waals surface area contributed by atoms with Crippen LogP contribution in [0.3, 0.4) is 0 Å². The Bertz CT molecular complexity index is 876. The van der Waals surface area contributed by atoms with Gasteiger partial charge in [-0.1, -0.05) is 0 Å². The van der Waals surface area contributed by atoms with E-state index in [1.807, 2.05) is 30.0 Å². The van der Waals surface area contributed by atoms with Crippen molar-refractivity contribution in [3.63, 3.8) is 0 Å². The van der Waals surface area contributed by atoms with Crippen LogP contribution in [0.1, 0.15) is 19.8 Å². The molecule has 0 aromatic heterocycles. The van der Waals surface area contributed by atoms with Gasteiger partial charge in [-0.2, -0.15) is 0 Å². The summed E-state index contributed by atoms with van der Waals surface area (Å²) in [5.74, 6) is -1.45. The fraction of sp³-hybridized carbons (Fsp3) is 0.524. The van der Waals surface area contributed by atoms with Gasteiger partial charge in [-0.3, -0.25) is 29.4 Å². The lowest BCUT2D eigenvalue weighted by molar-refractivity contribution is -0.138. The third-order valence-electron chi connectivity index (χ3n) is 5.96. The Balaban J connectivity index is 1.85. The first-order valence-electron chi connectivity index (χ1n) is 10.3. The number of anilines is 3. The van der Waals surface area contributed by atoms with Crippen LogP contribution < -0.4 is 20.0 Å². The van der Waals surface area contributed by atoms with Gasteiger partial charge in [0, 0.05) is 51.9 Å². The van der Waals surface area contributed by atoms with E-state index in [1.54, 1.807) is 19.0 Å². The summed E-state index contributed by atoms with van der Waals surface area (Å²) in [6.07, 6.45) is 1.40. The second-order valence-corrected chi connectivity index (χ2v) is 8.14. The summed E-state index contributed by atoms with van der Waals surface area (Å²) in [6, 6.07) is 5.34. The Morgan fingerprint density at radius 1 is 1.26 bits per heavy atom. The average molecular weight is 431 g/mol. The molecule has 0 bridgehead atoms. The van der Waals surface area contributed by atoms with Gasteiger partial charge in [0.2, 0.25) is 18.2 Å². The molecule has 10 nitrogen and oxygen atoms in total. The van der Waals surface area contributed by atoms with Gasteiger partial charge < -0.3 is 19.8 Å². The van der Waals surface area contributed by atoms with Gasteiger partial charge in [-0.15, -0.1) is 0 Å². The molecule has 10 heteroatoms. The monoisotopic (exact) mass is 431 g/mol. The molecular formula is C21H29N5O5. The van der Waals surface area contributed by atoms with Crippen molar-refractivity contribution in [2.45, 2.75) is 31.8 Å². The zero-order chi connectivity index (χ0) is 22.7. The number of carboxylic acids is 1. The normalized spacial score (nSPS) is 22.1. The fourth-order valence-electron chi connectivity index (χ4n) is 4.30. The van der Waals surface area contributed by atoms with Gasteiger partial charge in [-0.05, 0) is 31.5 Å². The number of rotatable bonds is 7. The maximum Gasteiger partial charge on any atom is 0.317 e. The highest BCUT2D eigenvalue weighted by Gasteiger charge is 2.32. The third kappa shape index (κ3) is 4.96. The van der Waals surface area contributed by atoms with Gasteiger partial charge in [0.25, 0.3) is 0 Å². The van der Waals surface area contributed by atoms with Crippen LogP contribution in [-0.2, 0) is 19.2 Å². The minimum Gasteiger partial charge on any atom is -0.480 e. The van der Waals surface area contributed by atoms with Crippen LogP contribution in [-0.4, -0.2) is 86.6 Å². The molecule has 3 rings (SSSR count). The third-order valence-corrected chi connectivity index (χ3v) is 5.96. The largest absolute Gasteiger partial charge is 0.480 e. The van der Waals surface area contributed by atoms with Crippen molar-refractivity contribution in [1.82, 2.24) is 10.2 Å². The molecule has 1 aromatic rings. The molecule has 2 atom stereocenters. The number of likely N-dealkylation sites (N-methyl/N-ethyl adjacent to an activating group) is 1. The van der Waals surface area contributed by atoms with E-state index in [9.17, 15) is 19.2 Å². The number of carbonyl (C=O) groups excluding carboxylic acids is 3. The predicted octanol–water partition coefficient (Wildman–Crippen LogP) is 0.116. The molecule has 2 aliphatic rings. The number of benzene rings is 1. The first-order chi connectivity index (χ1) is 14.7. The summed E-state index contributed by atoms with van der Waals surface area (Å²) in [4.78, 5) is 53.7. The number of hydrogen-bond acceptors (Lipinski definition) is 7. The van der Waals surface area contributed by atoms with Gasteiger partial charge in [0.1, 0.15) is 6.04 Å². The van der Waals surface area contributed by atoms with E-state index in [4.69, 9.17) is 5.11 Å². The molecule has 0 spiro atoms. The highest BCUT2D eigenvalue weighted by Crippen LogP contribution is 2.35. The van der Waals surface area contributed by atoms with Crippen molar-refractivity contribution >= 4 is 41.3 Å². The Morgan fingerprint density at radius 2 is 2.00 bits per heavy atom. The Hall–Kier alpha value is -3.14. The van der Waals surface area contributed by atoms with E-state index in [0.717, 1.165) is 12.1 Å². The minimum absolute atomic E-state index is 0.0208. The zero-order valence-electron chi connectivity index (χ0n) is 18.1. The van der Waals surface area contributed by atoms with Crippen molar-refractivity contribution < 1.29 is 24.3 Å². The van der Waals surface area contributed by atoms with Crippen LogP contribution in [0.5, 0.6) is 0 Å². The van der Waals surface area contributed by atoms with E-state index in [2.05, 4.69) is 10.2 Å². The minimum atomic E-state index is -0.837. The van der Waals surface area contributed by atoms with Crippen molar-refractivity contribution in [2.24, 2.45) is 0 Å². The predicted molar refractivity (Wildman–Crippen MR) is 116 cm³/mol. The maximum absolute atomic E-state index is 12.3. The van der Waals surface area contributed by atoms with Crippen molar-refractivity contribution in [1.29, 1.82) is 0 Å². The summed E-state index contributed by atoms with van der Waals surface area (Å²) in [6.45, 7) is 3.99. The van der Waals surface area contributed by atoms with Crippen LogP contribution in [0.15, 0.2) is 18.2 Å². The van der Waals surface area contributed by atoms with Crippen molar-refractivity contribution in [3.8, 4) is 0 Å². The number of carboxylic acid groups (broad SMARTS) is 1. The van der Waals surface area contributed by atoms with Crippen LogP contribution in [0.4, 0.5) is 17.1 Å². The SMILES string of the molecule is CC1CN(CC(=O)O)CCN1c1ccc(N(C)C2CCC(=O)NC2=O)c(N(C)C=O)c1. The lowest BCUT2D eigenvalue weighted by Crippen LogP contribution is -2.53. The standard InChI is InChI=1S/C21H29N5O5/c1-14-11-25(12-20(29)30)8-9-26(14)15-4-5-16(18(10-15)23(2)13-27)24(3)17-6-7-19(28)22-21(17)31/h4-5,10,13-14,17H,6-9,11-12H2,1-3H3,(H,29,30)(H,22,28,31). The number of piperidine rings is 1. The zero-order valence-corrected chi connectivity index (χ0v) is 18.1. The van der Waals surface area contributed by atoms with Gasteiger partial charge in [0.15, 0.2) is 0 Å². The highest BCUT2D eigenvalue weighted by molar-refractivity contribution is 6.02. The topological polar surface area (TPSA) is 114 Å². The van der Waals surface area contributed by atoms with Crippen LogP contribution in [0, 0.1) is 0 Å². The van der Waals surface area contributed by atoms with E-state index in [-0.39, 0.29) is 30.8 Å². The summed E-state index contributed by atoms with van der Waals surface area (Å²) in [7, 11) is 3.44. The Labute approximate surface area is 181 Å². The van der Waals surface area contributed by atoms with E-state index < -0.39 is 12.0 Å². The number of imide groups is 1. The lowest BCUT2D eigenvalue weighted by atomic mass is 10.0. The van der Waals surface area contributed by atoms with Crippen LogP contribution >= 0.6 is 0 Å². The Kier molecular flexibility index (Phi) is 6.79. The summed E-state index contributed by atoms with van der Waals surface area (Å²) >= 11 is 0. The molecule has 2 heterocycles. The molecule has 2 unspecified atom stereocenters. The number of piperazine rings is 1. The van der Waals surface area contributed by atoms with E-state index in [1.165, 1.54) is 4.90 Å². The molecule has 0 saturated carbocycles. The molecular weight excluding hydrogens is 402 g/mol. The quantitative estimate of drug-likeness (QED) is 0.462. The lowest BCUT2D eigenvalue weighted by Gasteiger charge is -2.41. The van der Waals surface area contributed by atoms with Gasteiger partial charge in [0.05, 0.1) is 17.9 Å². The summed E-state index contributed by atoms with van der Waals surface area (Å²) < 4.78 is 0. The first-order valence-corrected chi connectivity index (χ1v) is 10.3. The number of amides is 3.